The summed E-state index contributed by atoms with van der Waals surface area (Å²) in [5, 5.41) is 11.5. The summed E-state index contributed by atoms with van der Waals surface area (Å²) in [7, 11) is 0. The number of thiophene rings is 1. The van der Waals surface area contributed by atoms with Crippen LogP contribution in [0.25, 0.3) is 25.9 Å². The Bertz CT molecular complexity index is 1190. The highest BCUT2D eigenvalue weighted by atomic mass is 32.1. The fourth-order valence-electron chi connectivity index (χ4n) is 3.00. The quantitative estimate of drug-likeness (QED) is 0.484. The number of hydrogen-bond acceptors (Lipinski definition) is 3. The summed E-state index contributed by atoms with van der Waals surface area (Å²) >= 11 is 1.83. The summed E-state index contributed by atoms with van der Waals surface area (Å²) in [6.07, 6.45) is 8.52. The van der Waals surface area contributed by atoms with Gasteiger partial charge < -0.3 is 10.7 Å². The number of hydrogen-bond donors (Lipinski definition) is 2. The van der Waals surface area contributed by atoms with Gasteiger partial charge in [0.15, 0.2) is 0 Å². The van der Waals surface area contributed by atoms with Crippen molar-refractivity contribution in [2.45, 2.75) is 6.42 Å². The highest BCUT2D eigenvalue weighted by molar-refractivity contribution is 7.25. The second-order valence-electron chi connectivity index (χ2n) is 6.10. The minimum Gasteiger partial charge on any atom is -0.398 e. The van der Waals surface area contributed by atoms with Crippen molar-refractivity contribution in [3.05, 3.63) is 89.8 Å². The molecule has 0 saturated heterocycles. The number of aromatic amines is 1. The second-order valence-corrected chi connectivity index (χ2v) is 7.18. The zero-order valence-corrected chi connectivity index (χ0v) is 14.9. The fraction of sp³-hybridized carbons (Fsp3) is 0.0455. The Morgan fingerprint density at radius 2 is 1.96 bits per heavy atom. The average molecular weight is 355 g/mol. The third-order valence-corrected chi connectivity index (χ3v) is 5.50. The van der Waals surface area contributed by atoms with Crippen LogP contribution >= 0.6 is 11.3 Å². The highest BCUT2D eigenvalue weighted by Crippen LogP contribution is 2.34. The van der Waals surface area contributed by atoms with Crippen LogP contribution in [0.15, 0.2) is 73.0 Å². The predicted molar refractivity (Wildman–Crippen MR) is 110 cm³/mol. The van der Waals surface area contributed by atoms with E-state index in [1.807, 2.05) is 23.5 Å². The molecule has 4 aromatic rings. The van der Waals surface area contributed by atoms with E-state index in [0.717, 1.165) is 12.0 Å². The van der Waals surface area contributed by atoms with E-state index in [1.54, 1.807) is 12.3 Å². The number of nitrogens with two attached hydrogens (primary N) is 1. The third-order valence-electron chi connectivity index (χ3n) is 4.34. The molecule has 4 rings (SSSR count). The van der Waals surface area contributed by atoms with Crippen LogP contribution < -0.4 is 5.73 Å². The standard InChI is InChI=1S/C22H17N3S/c23-13-17-12-16(14-25-17)20(24)7-3-1-5-15-9-10-22-19(11-15)18-6-2-4-8-21(18)26-22/h1-4,6-12,14,25H,5,24H2/b3-1-,20-7-. The maximum absolute atomic E-state index is 8.84. The van der Waals surface area contributed by atoms with E-state index in [-0.39, 0.29) is 0 Å². The van der Waals surface area contributed by atoms with Gasteiger partial charge in [0.25, 0.3) is 0 Å². The van der Waals surface area contributed by atoms with E-state index in [9.17, 15) is 0 Å². The van der Waals surface area contributed by atoms with Crippen LogP contribution in [0, 0.1) is 11.3 Å². The summed E-state index contributed by atoms with van der Waals surface area (Å²) < 4.78 is 2.65. The van der Waals surface area contributed by atoms with Gasteiger partial charge in [0.05, 0.1) is 0 Å². The second kappa shape index (κ2) is 6.91. The Labute approximate surface area is 155 Å². The normalized spacial score (nSPS) is 12.2. The monoisotopic (exact) mass is 355 g/mol. The van der Waals surface area contributed by atoms with Gasteiger partial charge >= 0.3 is 0 Å². The van der Waals surface area contributed by atoms with Crippen molar-refractivity contribution in [3.63, 3.8) is 0 Å². The first-order chi connectivity index (χ1) is 12.7. The average Bonchev–Trinajstić information content (AvgIpc) is 3.29. The van der Waals surface area contributed by atoms with Gasteiger partial charge in [-0.15, -0.1) is 11.3 Å². The minimum absolute atomic E-state index is 0.511. The van der Waals surface area contributed by atoms with Crippen molar-refractivity contribution in [1.82, 2.24) is 4.98 Å². The zero-order valence-electron chi connectivity index (χ0n) is 14.1. The van der Waals surface area contributed by atoms with E-state index in [0.29, 0.717) is 11.4 Å². The van der Waals surface area contributed by atoms with Crippen LogP contribution in [-0.4, -0.2) is 4.98 Å². The Hall–Kier alpha value is -3.29. The molecule has 0 radical (unpaired) electrons. The Morgan fingerprint density at radius 1 is 1.12 bits per heavy atom. The van der Waals surface area contributed by atoms with Crippen LogP contribution in [0.4, 0.5) is 0 Å². The smallest absolute Gasteiger partial charge is 0.118 e. The molecule has 0 aliphatic carbocycles. The lowest BCUT2D eigenvalue weighted by atomic mass is 10.1. The maximum atomic E-state index is 8.84. The number of rotatable bonds is 4. The van der Waals surface area contributed by atoms with Crippen LogP contribution in [0.5, 0.6) is 0 Å². The number of nitriles is 1. The van der Waals surface area contributed by atoms with Crippen LogP contribution in [0.1, 0.15) is 16.8 Å². The van der Waals surface area contributed by atoms with Crippen molar-refractivity contribution in [2.75, 3.05) is 0 Å². The van der Waals surface area contributed by atoms with Crippen LogP contribution in [0.2, 0.25) is 0 Å². The molecule has 126 valence electrons. The largest absolute Gasteiger partial charge is 0.398 e. The molecule has 0 aliphatic heterocycles. The Kier molecular flexibility index (Phi) is 4.30. The molecule has 0 aliphatic rings. The van der Waals surface area contributed by atoms with Gasteiger partial charge in [-0.05, 0) is 42.3 Å². The molecule has 0 spiro atoms. The summed E-state index contributed by atoms with van der Waals surface area (Å²) in [6, 6.07) is 19.0. The van der Waals surface area contributed by atoms with Gasteiger partial charge in [-0.3, -0.25) is 0 Å². The summed E-state index contributed by atoms with van der Waals surface area (Å²) in [5.41, 5.74) is 9.30. The summed E-state index contributed by atoms with van der Waals surface area (Å²) in [6.45, 7) is 0. The molecule has 2 aromatic heterocycles. The van der Waals surface area contributed by atoms with Gasteiger partial charge in [0, 0.05) is 37.6 Å². The molecule has 0 unspecified atom stereocenters. The molecule has 3 N–H and O–H groups in total. The molecule has 3 nitrogen and oxygen atoms in total. The number of benzene rings is 2. The molecule has 2 heterocycles. The van der Waals surface area contributed by atoms with E-state index in [4.69, 9.17) is 11.0 Å². The lowest BCUT2D eigenvalue weighted by molar-refractivity contribution is 1.28. The molecule has 0 atom stereocenters. The zero-order chi connectivity index (χ0) is 17.9. The van der Waals surface area contributed by atoms with E-state index >= 15 is 0 Å². The minimum atomic E-state index is 0.511. The van der Waals surface area contributed by atoms with Crippen molar-refractivity contribution < 1.29 is 0 Å². The number of allylic oxidation sites excluding steroid dienone is 3. The third kappa shape index (κ3) is 3.13. The fourth-order valence-corrected chi connectivity index (χ4v) is 4.08. The molecular weight excluding hydrogens is 338 g/mol. The highest BCUT2D eigenvalue weighted by Gasteiger charge is 2.04. The topological polar surface area (TPSA) is 65.6 Å². The van der Waals surface area contributed by atoms with Crippen molar-refractivity contribution in [3.8, 4) is 6.07 Å². The Morgan fingerprint density at radius 3 is 2.81 bits per heavy atom. The number of H-pyrrole nitrogens is 1. The van der Waals surface area contributed by atoms with Crippen LogP contribution in [-0.2, 0) is 6.42 Å². The molecular formula is C22H17N3S. The van der Waals surface area contributed by atoms with Gasteiger partial charge in [-0.25, -0.2) is 0 Å². The first-order valence-corrected chi connectivity index (χ1v) is 9.17. The summed E-state index contributed by atoms with van der Waals surface area (Å²) in [5.74, 6) is 0. The van der Waals surface area contributed by atoms with Crippen LogP contribution in [0.3, 0.4) is 0 Å². The molecule has 0 bridgehead atoms. The van der Waals surface area contributed by atoms with Gasteiger partial charge in [0.2, 0.25) is 0 Å². The van der Waals surface area contributed by atoms with E-state index in [1.165, 1.54) is 25.7 Å². The molecule has 0 fully saturated rings. The predicted octanol–water partition coefficient (Wildman–Crippen LogP) is 5.35. The first-order valence-electron chi connectivity index (χ1n) is 8.36. The van der Waals surface area contributed by atoms with Gasteiger partial charge in [-0.2, -0.15) is 5.26 Å². The van der Waals surface area contributed by atoms with E-state index < -0.39 is 0 Å². The number of nitrogens with zero attached hydrogens (tertiary/aromatic N) is 1. The number of aromatic nitrogens is 1. The molecule has 0 saturated carbocycles. The lowest BCUT2D eigenvalue weighted by Gasteiger charge is -1.98. The van der Waals surface area contributed by atoms with Gasteiger partial charge in [0.1, 0.15) is 11.8 Å². The number of nitrogens with one attached hydrogen (secondary N) is 1. The summed E-state index contributed by atoms with van der Waals surface area (Å²) in [4.78, 5) is 2.88. The molecule has 26 heavy (non-hydrogen) atoms. The molecule has 0 amide bonds. The maximum Gasteiger partial charge on any atom is 0.118 e. The number of fused-ring (bicyclic) bond motifs is 3. The molecule has 4 heteroatoms. The Balaban J connectivity index is 1.52. The van der Waals surface area contributed by atoms with Crippen molar-refractivity contribution >= 4 is 37.2 Å². The molecule has 2 aromatic carbocycles. The SMILES string of the molecule is N#Cc1cc(/C(N)=C/C=C\Cc2ccc3sc4ccccc4c3c2)c[nH]1. The van der Waals surface area contributed by atoms with Crippen molar-refractivity contribution in [1.29, 1.82) is 5.26 Å². The van der Waals surface area contributed by atoms with Gasteiger partial charge in [-0.1, -0.05) is 36.4 Å². The first kappa shape index (κ1) is 16.2. The van der Waals surface area contributed by atoms with Crippen molar-refractivity contribution in [2.24, 2.45) is 5.73 Å². The van der Waals surface area contributed by atoms with E-state index in [2.05, 4.69) is 59.6 Å². The lowest BCUT2D eigenvalue weighted by Crippen LogP contribution is -1.93.